The van der Waals surface area contributed by atoms with E-state index < -0.39 is 0 Å². The van der Waals surface area contributed by atoms with E-state index in [0.717, 1.165) is 38.9 Å². The fourth-order valence-electron chi connectivity index (χ4n) is 2.32. The van der Waals surface area contributed by atoms with Crippen LogP contribution in [-0.4, -0.2) is 30.6 Å². The molecule has 0 bridgehead atoms. The summed E-state index contributed by atoms with van der Waals surface area (Å²) in [5.41, 5.74) is 8.57. The molecule has 1 heterocycles. The molecule has 1 atom stereocenters. The SMILES string of the molecule is N#CC(N)CCN1CCc2ccccc2CC1. The van der Waals surface area contributed by atoms with Gasteiger partial charge in [0, 0.05) is 19.6 Å². The number of benzene rings is 1. The zero-order chi connectivity index (χ0) is 12.1. The molecular weight excluding hydrogens is 210 g/mol. The molecule has 17 heavy (non-hydrogen) atoms. The third-order valence-corrected chi connectivity index (χ3v) is 3.44. The van der Waals surface area contributed by atoms with Gasteiger partial charge < -0.3 is 10.6 Å². The van der Waals surface area contributed by atoms with Crippen LogP contribution in [0.2, 0.25) is 0 Å². The molecular formula is C14H19N3. The lowest BCUT2D eigenvalue weighted by Gasteiger charge is -2.19. The van der Waals surface area contributed by atoms with Crippen molar-refractivity contribution in [1.82, 2.24) is 4.90 Å². The summed E-state index contributed by atoms with van der Waals surface area (Å²) in [5, 5.41) is 8.67. The fourth-order valence-corrected chi connectivity index (χ4v) is 2.32. The molecule has 1 aromatic carbocycles. The third kappa shape index (κ3) is 3.29. The molecule has 0 radical (unpaired) electrons. The van der Waals surface area contributed by atoms with Gasteiger partial charge in [-0.15, -0.1) is 0 Å². The minimum absolute atomic E-state index is 0.319. The second kappa shape index (κ2) is 5.81. The van der Waals surface area contributed by atoms with Crippen molar-refractivity contribution < 1.29 is 0 Å². The molecule has 1 aromatic rings. The van der Waals surface area contributed by atoms with E-state index >= 15 is 0 Å². The minimum atomic E-state index is -0.319. The second-order valence-corrected chi connectivity index (χ2v) is 4.63. The average Bonchev–Trinajstić information content (AvgIpc) is 2.58. The Labute approximate surface area is 103 Å². The summed E-state index contributed by atoms with van der Waals surface area (Å²) in [4.78, 5) is 2.41. The predicted octanol–water partition coefficient (Wildman–Crippen LogP) is 1.33. The number of nitrogens with two attached hydrogens (primary N) is 1. The quantitative estimate of drug-likeness (QED) is 0.850. The number of fused-ring (bicyclic) bond motifs is 1. The molecule has 1 unspecified atom stereocenters. The van der Waals surface area contributed by atoms with Crippen LogP contribution in [0.5, 0.6) is 0 Å². The molecule has 1 aliphatic heterocycles. The summed E-state index contributed by atoms with van der Waals surface area (Å²) >= 11 is 0. The molecule has 2 rings (SSSR count). The highest BCUT2D eigenvalue weighted by Crippen LogP contribution is 2.15. The van der Waals surface area contributed by atoms with E-state index in [1.807, 2.05) is 0 Å². The van der Waals surface area contributed by atoms with Gasteiger partial charge >= 0.3 is 0 Å². The van der Waals surface area contributed by atoms with Crippen molar-refractivity contribution in [2.45, 2.75) is 25.3 Å². The van der Waals surface area contributed by atoms with Gasteiger partial charge in [-0.25, -0.2) is 0 Å². The first-order chi connectivity index (χ1) is 8.29. The molecule has 0 saturated carbocycles. The van der Waals surface area contributed by atoms with Crippen LogP contribution in [0.25, 0.3) is 0 Å². The molecule has 3 nitrogen and oxygen atoms in total. The zero-order valence-electron chi connectivity index (χ0n) is 10.1. The van der Waals surface area contributed by atoms with Crippen molar-refractivity contribution in [1.29, 1.82) is 5.26 Å². The van der Waals surface area contributed by atoms with Gasteiger partial charge in [0.1, 0.15) is 0 Å². The first kappa shape index (κ1) is 12.1. The molecule has 0 aromatic heterocycles. The Hall–Kier alpha value is -1.37. The predicted molar refractivity (Wildman–Crippen MR) is 68.5 cm³/mol. The van der Waals surface area contributed by atoms with Crippen LogP contribution in [0, 0.1) is 11.3 Å². The smallest absolute Gasteiger partial charge is 0.0940 e. The monoisotopic (exact) mass is 229 g/mol. The minimum Gasteiger partial charge on any atom is -0.316 e. The lowest BCUT2D eigenvalue weighted by atomic mass is 10.0. The Balaban J connectivity index is 1.89. The highest BCUT2D eigenvalue weighted by molar-refractivity contribution is 5.28. The van der Waals surface area contributed by atoms with Crippen molar-refractivity contribution in [2.75, 3.05) is 19.6 Å². The normalized spacial score (nSPS) is 17.9. The zero-order valence-corrected chi connectivity index (χ0v) is 10.1. The largest absolute Gasteiger partial charge is 0.316 e. The van der Waals surface area contributed by atoms with Gasteiger partial charge in [0.25, 0.3) is 0 Å². The van der Waals surface area contributed by atoms with E-state index in [4.69, 9.17) is 11.0 Å². The Bertz CT molecular complexity index is 381. The summed E-state index contributed by atoms with van der Waals surface area (Å²) < 4.78 is 0. The molecule has 1 aliphatic rings. The van der Waals surface area contributed by atoms with E-state index in [0.29, 0.717) is 0 Å². The van der Waals surface area contributed by atoms with Gasteiger partial charge in [0.15, 0.2) is 0 Å². The van der Waals surface area contributed by atoms with E-state index in [1.54, 1.807) is 0 Å². The van der Waals surface area contributed by atoms with E-state index in [2.05, 4.69) is 35.2 Å². The van der Waals surface area contributed by atoms with Crippen molar-refractivity contribution in [2.24, 2.45) is 5.73 Å². The molecule has 0 spiro atoms. The number of nitriles is 1. The number of hydrogen-bond donors (Lipinski definition) is 1. The molecule has 0 fully saturated rings. The molecule has 0 amide bonds. The topological polar surface area (TPSA) is 53.1 Å². The highest BCUT2D eigenvalue weighted by Gasteiger charge is 2.13. The van der Waals surface area contributed by atoms with E-state index in [1.165, 1.54) is 11.1 Å². The maximum Gasteiger partial charge on any atom is 0.0940 e. The van der Waals surface area contributed by atoms with E-state index in [-0.39, 0.29) is 6.04 Å². The van der Waals surface area contributed by atoms with Gasteiger partial charge in [0.05, 0.1) is 12.1 Å². The summed E-state index contributed by atoms with van der Waals surface area (Å²) in [6.45, 7) is 3.09. The van der Waals surface area contributed by atoms with Gasteiger partial charge in [-0.2, -0.15) is 5.26 Å². The summed E-state index contributed by atoms with van der Waals surface area (Å²) in [5.74, 6) is 0. The number of nitrogens with zero attached hydrogens (tertiary/aromatic N) is 2. The van der Waals surface area contributed by atoms with Crippen LogP contribution in [0.1, 0.15) is 17.5 Å². The van der Waals surface area contributed by atoms with Crippen molar-refractivity contribution >= 4 is 0 Å². The highest BCUT2D eigenvalue weighted by atomic mass is 15.1. The van der Waals surface area contributed by atoms with Crippen molar-refractivity contribution in [3.63, 3.8) is 0 Å². The number of hydrogen-bond acceptors (Lipinski definition) is 3. The van der Waals surface area contributed by atoms with Crippen molar-refractivity contribution in [3.05, 3.63) is 35.4 Å². The Kier molecular flexibility index (Phi) is 4.13. The fraction of sp³-hybridized carbons (Fsp3) is 0.500. The molecule has 0 saturated heterocycles. The maximum atomic E-state index is 8.67. The summed E-state index contributed by atoms with van der Waals surface area (Å²) in [6.07, 6.45) is 2.99. The third-order valence-electron chi connectivity index (χ3n) is 3.44. The maximum absolute atomic E-state index is 8.67. The van der Waals surface area contributed by atoms with Crippen LogP contribution in [-0.2, 0) is 12.8 Å². The molecule has 90 valence electrons. The Morgan fingerprint density at radius 1 is 1.24 bits per heavy atom. The second-order valence-electron chi connectivity index (χ2n) is 4.63. The lowest BCUT2D eigenvalue weighted by Crippen LogP contribution is -2.31. The lowest BCUT2D eigenvalue weighted by molar-refractivity contribution is 0.281. The van der Waals surface area contributed by atoms with Crippen LogP contribution in [0.3, 0.4) is 0 Å². The van der Waals surface area contributed by atoms with Gasteiger partial charge in [-0.1, -0.05) is 24.3 Å². The number of rotatable bonds is 3. The van der Waals surface area contributed by atoms with Crippen molar-refractivity contribution in [3.8, 4) is 6.07 Å². The van der Waals surface area contributed by atoms with Gasteiger partial charge in [0.2, 0.25) is 0 Å². The Morgan fingerprint density at radius 3 is 2.35 bits per heavy atom. The first-order valence-electron chi connectivity index (χ1n) is 6.24. The molecule has 3 heteroatoms. The average molecular weight is 229 g/mol. The van der Waals surface area contributed by atoms with Gasteiger partial charge in [-0.3, -0.25) is 0 Å². The van der Waals surface area contributed by atoms with Crippen LogP contribution >= 0.6 is 0 Å². The Morgan fingerprint density at radius 2 is 1.82 bits per heavy atom. The summed E-state index contributed by atoms with van der Waals surface area (Å²) in [6, 6.07) is 10.4. The van der Waals surface area contributed by atoms with Crippen LogP contribution in [0.4, 0.5) is 0 Å². The first-order valence-corrected chi connectivity index (χ1v) is 6.24. The van der Waals surface area contributed by atoms with E-state index in [9.17, 15) is 0 Å². The van der Waals surface area contributed by atoms with Crippen LogP contribution < -0.4 is 5.73 Å². The van der Waals surface area contributed by atoms with Crippen LogP contribution in [0.15, 0.2) is 24.3 Å². The molecule has 2 N–H and O–H groups in total. The summed E-state index contributed by atoms with van der Waals surface area (Å²) in [7, 11) is 0. The molecule has 0 aliphatic carbocycles. The standard InChI is InChI=1S/C14H19N3/c15-11-14(16)7-10-17-8-5-12-3-1-2-4-13(12)6-9-17/h1-4,14H,5-10,16H2. The van der Waals surface area contributed by atoms with Gasteiger partial charge in [-0.05, 0) is 30.4 Å².